The molecule has 2 N–H and O–H groups in total. The van der Waals surface area contributed by atoms with Crippen molar-refractivity contribution in [3.05, 3.63) is 70.7 Å². The molecule has 0 aromatic heterocycles. The molecule has 31 heavy (non-hydrogen) atoms. The second kappa shape index (κ2) is 10.3. The summed E-state index contributed by atoms with van der Waals surface area (Å²) in [7, 11) is 0. The van der Waals surface area contributed by atoms with E-state index in [1.807, 2.05) is 52.3 Å². The van der Waals surface area contributed by atoms with Crippen LogP contribution < -0.4 is 10.9 Å². The zero-order valence-corrected chi connectivity index (χ0v) is 18.4. The molecule has 2 fully saturated rings. The molecule has 0 saturated carbocycles. The van der Waals surface area contributed by atoms with Crippen LogP contribution in [0, 0.1) is 5.92 Å². The number of nitrogens with zero attached hydrogens (tertiary/aromatic N) is 2. The number of nitrogens with one attached hydrogen (secondary N) is 2. The maximum absolute atomic E-state index is 13.2. The average molecular weight is 441 g/mol. The normalized spacial score (nSPS) is 21.3. The van der Waals surface area contributed by atoms with Crippen LogP contribution in [0.25, 0.3) is 0 Å². The van der Waals surface area contributed by atoms with Crippen molar-refractivity contribution >= 4 is 23.4 Å². The molecule has 2 amide bonds. The number of rotatable bonds is 6. The van der Waals surface area contributed by atoms with E-state index in [1.165, 1.54) is 5.56 Å². The van der Waals surface area contributed by atoms with Gasteiger partial charge in [-0.05, 0) is 36.1 Å². The van der Waals surface area contributed by atoms with Crippen molar-refractivity contribution in [3.63, 3.8) is 0 Å². The first-order valence-corrected chi connectivity index (χ1v) is 11.3. The van der Waals surface area contributed by atoms with Crippen molar-refractivity contribution in [1.29, 1.82) is 0 Å². The minimum Gasteiger partial charge on any atom is -0.339 e. The van der Waals surface area contributed by atoms with Gasteiger partial charge in [0.05, 0.1) is 12.0 Å². The lowest BCUT2D eigenvalue weighted by Gasteiger charge is -2.36. The summed E-state index contributed by atoms with van der Waals surface area (Å²) < 4.78 is 0. The van der Waals surface area contributed by atoms with E-state index in [0.717, 1.165) is 18.4 Å². The Hall–Kier alpha value is -2.41. The SMILES string of the molecule is O=C(CCCc1ccccc1)N1CCN(C(=O)C2CNNC2c2ccc(Cl)cc2)CC1. The van der Waals surface area contributed by atoms with Gasteiger partial charge < -0.3 is 9.80 Å². The summed E-state index contributed by atoms with van der Waals surface area (Å²) in [5.74, 6) is 0.147. The van der Waals surface area contributed by atoms with Gasteiger partial charge in [-0.15, -0.1) is 0 Å². The van der Waals surface area contributed by atoms with Crippen LogP contribution in [-0.4, -0.2) is 54.3 Å². The van der Waals surface area contributed by atoms with Gasteiger partial charge in [0.15, 0.2) is 0 Å². The third kappa shape index (κ3) is 5.45. The summed E-state index contributed by atoms with van der Waals surface area (Å²) >= 11 is 6.00. The van der Waals surface area contributed by atoms with Crippen LogP contribution in [0.5, 0.6) is 0 Å². The molecule has 2 atom stereocenters. The van der Waals surface area contributed by atoms with Gasteiger partial charge in [0.25, 0.3) is 0 Å². The summed E-state index contributed by atoms with van der Waals surface area (Å²) in [6, 6.07) is 17.8. The molecule has 2 heterocycles. The highest BCUT2D eigenvalue weighted by Crippen LogP contribution is 2.28. The number of hydrogen-bond donors (Lipinski definition) is 2. The molecular formula is C24H29ClN4O2. The lowest BCUT2D eigenvalue weighted by molar-refractivity contribution is -0.142. The summed E-state index contributed by atoms with van der Waals surface area (Å²) in [5.41, 5.74) is 8.65. The molecule has 2 unspecified atom stereocenters. The first-order chi connectivity index (χ1) is 15.1. The fourth-order valence-corrected chi connectivity index (χ4v) is 4.50. The highest BCUT2D eigenvalue weighted by atomic mass is 35.5. The summed E-state index contributed by atoms with van der Waals surface area (Å²) in [5, 5.41) is 0.683. The molecule has 0 aliphatic carbocycles. The Bertz CT molecular complexity index is 882. The Balaban J connectivity index is 1.25. The molecule has 2 aliphatic heterocycles. The summed E-state index contributed by atoms with van der Waals surface area (Å²) in [4.78, 5) is 29.5. The smallest absolute Gasteiger partial charge is 0.229 e. The van der Waals surface area contributed by atoms with E-state index in [2.05, 4.69) is 23.0 Å². The maximum atomic E-state index is 13.2. The Labute approximate surface area is 188 Å². The van der Waals surface area contributed by atoms with Gasteiger partial charge >= 0.3 is 0 Å². The predicted molar refractivity (Wildman–Crippen MR) is 121 cm³/mol. The fraction of sp³-hybridized carbons (Fsp3) is 0.417. The van der Waals surface area contributed by atoms with Gasteiger partial charge in [0.1, 0.15) is 0 Å². The highest BCUT2D eigenvalue weighted by Gasteiger charge is 2.37. The molecule has 7 heteroatoms. The van der Waals surface area contributed by atoms with Gasteiger partial charge in [-0.2, -0.15) is 0 Å². The molecule has 2 aromatic carbocycles. The third-order valence-corrected chi connectivity index (χ3v) is 6.42. The second-order valence-corrected chi connectivity index (χ2v) is 8.64. The van der Waals surface area contributed by atoms with E-state index in [-0.39, 0.29) is 23.8 Å². The van der Waals surface area contributed by atoms with Crippen molar-refractivity contribution in [1.82, 2.24) is 20.7 Å². The maximum Gasteiger partial charge on any atom is 0.229 e. The van der Waals surface area contributed by atoms with Gasteiger partial charge in [-0.25, -0.2) is 5.43 Å². The van der Waals surface area contributed by atoms with Gasteiger partial charge in [-0.3, -0.25) is 15.0 Å². The van der Waals surface area contributed by atoms with Crippen LogP contribution in [0.3, 0.4) is 0 Å². The zero-order valence-electron chi connectivity index (χ0n) is 17.6. The summed E-state index contributed by atoms with van der Waals surface area (Å²) in [6.45, 7) is 2.98. The van der Waals surface area contributed by atoms with Crippen molar-refractivity contribution in [3.8, 4) is 0 Å². The Morgan fingerprint density at radius 2 is 1.61 bits per heavy atom. The first kappa shape index (κ1) is 21.8. The first-order valence-electron chi connectivity index (χ1n) is 11.0. The molecule has 0 radical (unpaired) electrons. The van der Waals surface area contributed by atoms with Gasteiger partial charge in [-0.1, -0.05) is 54.1 Å². The lowest BCUT2D eigenvalue weighted by Crippen LogP contribution is -2.52. The van der Waals surface area contributed by atoms with E-state index >= 15 is 0 Å². The number of aryl methyl sites for hydroxylation is 1. The second-order valence-electron chi connectivity index (χ2n) is 8.21. The molecule has 6 nitrogen and oxygen atoms in total. The van der Waals surface area contributed by atoms with Crippen molar-refractivity contribution in [2.24, 2.45) is 5.92 Å². The van der Waals surface area contributed by atoms with Crippen molar-refractivity contribution in [2.45, 2.75) is 25.3 Å². The van der Waals surface area contributed by atoms with Crippen LogP contribution in [0.4, 0.5) is 0 Å². The Morgan fingerprint density at radius 1 is 0.935 bits per heavy atom. The van der Waals surface area contributed by atoms with Crippen LogP contribution in [0.1, 0.15) is 30.0 Å². The molecule has 164 valence electrons. The lowest BCUT2D eigenvalue weighted by atomic mass is 9.93. The Morgan fingerprint density at radius 3 is 2.32 bits per heavy atom. The monoisotopic (exact) mass is 440 g/mol. The standard InChI is InChI=1S/C24H29ClN4O2/c25-20-11-9-19(10-12-20)23-21(17-26-27-23)24(31)29-15-13-28(14-16-29)22(30)8-4-7-18-5-2-1-3-6-18/h1-3,5-6,9-12,21,23,26-27H,4,7-8,13-17H2. The molecule has 0 bridgehead atoms. The number of benzene rings is 2. The minimum atomic E-state index is -0.172. The molecule has 0 spiro atoms. The number of carbonyl (C=O) groups excluding carboxylic acids is 2. The van der Waals surface area contributed by atoms with Crippen LogP contribution in [-0.2, 0) is 16.0 Å². The number of halogens is 1. The van der Waals surface area contributed by atoms with Crippen molar-refractivity contribution in [2.75, 3.05) is 32.7 Å². The van der Waals surface area contributed by atoms with E-state index in [1.54, 1.807) is 0 Å². The molecule has 2 saturated heterocycles. The van der Waals surface area contributed by atoms with Crippen LogP contribution in [0.15, 0.2) is 54.6 Å². The number of hydrazine groups is 1. The Kier molecular flexibility index (Phi) is 7.22. The average Bonchev–Trinajstić information content (AvgIpc) is 3.30. The third-order valence-electron chi connectivity index (χ3n) is 6.17. The highest BCUT2D eigenvalue weighted by molar-refractivity contribution is 6.30. The predicted octanol–water partition coefficient (Wildman–Crippen LogP) is 2.80. The molecule has 2 aromatic rings. The quantitative estimate of drug-likeness (QED) is 0.725. The number of amides is 2. The molecular weight excluding hydrogens is 412 g/mol. The van der Waals surface area contributed by atoms with Gasteiger partial charge in [0.2, 0.25) is 11.8 Å². The van der Waals surface area contributed by atoms with E-state index in [4.69, 9.17) is 11.6 Å². The molecule has 2 aliphatic rings. The number of piperazine rings is 1. The van der Waals surface area contributed by atoms with E-state index in [9.17, 15) is 9.59 Å². The van der Waals surface area contributed by atoms with E-state index < -0.39 is 0 Å². The largest absolute Gasteiger partial charge is 0.339 e. The van der Waals surface area contributed by atoms with Crippen LogP contribution in [0.2, 0.25) is 5.02 Å². The molecule has 4 rings (SSSR count). The van der Waals surface area contributed by atoms with E-state index in [0.29, 0.717) is 44.2 Å². The van der Waals surface area contributed by atoms with Crippen LogP contribution >= 0.6 is 11.6 Å². The van der Waals surface area contributed by atoms with Crippen molar-refractivity contribution < 1.29 is 9.59 Å². The fourth-order valence-electron chi connectivity index (χ4n) is 4.37. The number of hydrogen-bond acceptors (Lipinski definition) is 4. The zero-order chi connectivity index (χ0) is 21.6. The number of carbonyl (C=O) groups is 2. The summed E-state index contributed by atoms with van der Waals surface area (Å²) in [6.07, 6.45) is 2.32. The van der Waals surface area contributed by atoms with Gasteiger partial charge in [0, 0.05) is 44.2 Å². The minimum absolute atomic E-state index is 0.0811. The topological polar surface area (TPSA) is 64.7 Å².